The minimum atomic E-state index is -1.19. The second-order valence-corrected chi connectivity index (χ2v) is 4.13. The number of carbonyl (C=O) groups is 1. The molecule has 1 aromatic carbocycles. The first kappa shape index (κ1) is 18.0. The van der Waals surface area contributed by atoms with Crippen molar-refractivity contribution in [2.75, 3.05) is 6.61 Å². The summed E-state index contributed by atoms with van der Waals surface area (Å²) in [5, 5.41) is 10.2. The zero-order valence-corrected chi connectivity index (χ0v) is 12.5. The number of unbranched alkanes of at least 4 members (excludes halogenated alkanes) is 3. The molecule has 0 aliphatic carbocycles. The molecule has 0 heterocycles. The summed E-state index contributed by atoms with van der Waals surface area (Å²) in [7, 11) is 0. The van der Waals surface area contributed by atoms with Gasteiger partial charge in [-0.05, 0) is 30.2 Å². The summed E-state index contributed by atoms with van der Waals surface area (Å²) >= 11 is 0. The van der Waals surface area contributed by atoms with E-state index >= 15 is 0 Å². The summed E-state index contributed by atoms with van der Waals surface area (Å²) in [6.45, 7) is 2.91. The van der Waals surface area contributed by atoms with E-state index in [1.165, 1.54) is 25.3 Å². The third-order valence-electron chi connectivity index (χ3n) is 2.56. The molecule has 0 spiro atoms. The second-order valence-electron chi connectivity index (χ2n) is 4.13. The van der Waals surface area contributed by atoms with Crippen molar-refractivity contribution < 1.29 is 37.0 Å². The molecule has 19 heavy (non-hydrogen) atoms. The van der Waals surface area contributed by atoms with Crippen LogP contribution in [0.5, 0.6) is 5.75 Å². The topological polar surface area (TPSA) is 49.4 Å². The fourth-order valence-electron chi connectivity index (χ4n) is 1.56. The van der Waals surface area contributed by atoms with Gasteiger partial charge in [0.25, 0.3) is 0 Å². The van der Waals surface area contributed by atoms with Gasteiger partial charge in [0, 0.05) is 0 Å². The molecule has 0 aliphatic rings. The quantitative estimate of drug-likeness (QED) is 0.409. The zero-order chi connectivity index (χ0) is 13.2. The Morgan fingerprint density at radius 3 is 2.47 bits per heavy atom. The molecule has 3 nitrogen and oxygen atoms in total. The Balaban J connectivity index is 0.00000324. The first-order chi connectivity index (χ1) is 8.72. The average molecular weight is 355 g/mol. The van der Waals surface area contributed by atoms with Crippen molar-refractivity contribution in [3.63, 3.8) is 0 Å². The third-order valence-corrected chi connectivity index (χ3v) is 2.56. The molecule has 0 saturated carbocycles. The molecule has 1 aromatic rings. The van der Waals surface area contributed by atoms with E-state index in [9.17, 15) is 9.90 Å². The summed E-state index contributed by atoms with van der Waals surface area (Å²) in [5.74, 6) is -0.372. The molecule has 1 rings (SSSR count). The van der Waals surface area contributed by atoms with E-state index in [4.69, 9.17) is 4.74 Å². The SMILES string of the molecule is CCCCCCOc1ccc(C=CC(=O)[O-])cc1.[Ag+]. The Labute approximate surface area is 130 Å². The van der Waals surface area contributed by atoms with E-state index in [2.05, 4.69) is 6.92 Å². The predicted molar refractivity (Wildman–Crippen MR) is 70.1 cm³/mol. The van der Waals surface area contributed by atoms with E-state index in [0.29, 0.717) is 0 Å². The number of benzene rings is 1. The molecule has 0 aliphatic heterocycles. The van der Waals surface area contributed by atoms with Crippen molar-refractivity contribution in [2.45, 2.75) is 32.6 Å². The van der Waals surface area contributed by atoms with Crippen LogP contribution in [-0.2, 0) is 27.2 Å². The van der Waals surface area contributed by atoms with Gasteiger partial charge in [0.2, 0.25) is 0 Å². The molecular weight excluding hydrogens is 336 g/mol. The van der Waals surface area contributed by atoms with Gasteiger partial charge in [-0.2, -0.15) is 0 Å². The van der Waals surface area contributed by atoms with Gasteiger partial charge in [-0.25, -0.2) is 0 Å². The largest absolute Gasteiger partial charge is 1.00 e. The molecule has 0 saturated heterocycles. The first-order valence-corrected chi connectivity index (χ1v) is 6.34. The maximum Gasteiger partial charge on any atom is 1.00 e. The zero-order valence-electron chi connectivity index (χ0n) is 11.0. The van der Waals surface area contributed by atoms with Crippen LogP contribution in [0, 0.1) is 0 Å². The van der Waals surface area contributed by atoms with Gasteiger partial charge in [0.15, 0.2) is 0 Å². The van der Waals surface area contributed by atoms with Crippen molar-refractivity contribution >= 4 is 12.0 Å². The van der Waals surface area contributed by atoms with Crippen molar-refractivity contribution in [2.24, 2.45) is 0 Å². The van der Waals surface area contributed by atoms with Gasteiger partial charge in [-0.1, -0.05) is 44.4 Å². The monoisotopic (exact) mass is 354 g/mol. The van der Waals surface area contributed by atoms with E-state index in [1.54, 1.807) is 0 Å². The van der Waals surface area contributed by atoms with E-state index in [0.717, 1.165) is 30.4 Å². The number of carboxylic acids is 1. The number of rotatable bonds is 8. The van der Waals surface area contributed by atoms with Crippen LogP contribution < -0.4 is 9.84 Å². The van der Waals surface area contributed by atoms with Crippen molar-refractivity contribution in [3.8, 4) is 5.75 Å². The number of ether oxygens (including phenoxy) is 1. The standard InChI is InChI=1S/C15H20O3.Ag/c1-2-3-4-5-12-18-14-9-6-13(7-10-14)8-11-15(16)17;/h6-11H,2-5,12H2,1H3,(H,16,17);/q;+1/p-1. The Morgan fingerprint density at radius 1 is 1.21 bits per heavy atom. The predicted octanol–water partition coefficient (Wildman–Crippen LogP) is 2.41. The maximum atomic E-state index is 10.2. The summed E-state index contributed by atoms with van der Waals surface area (Å²) < 4.78 is 5.58. The van der Waals surface area contributed by atoms with Crippen molar-refractivity contribution in [1.82, 2.24) is 0 Å². The Bertz CT molecular complexity index is 385. The number of hydrogen-bond donors (Lipinski definition) is 0. The van der Waals surface area contributed by atoms with Gasteiger partial charge in [-0.15, -0.1) is 0 Å². The van der Waals surface area contributed by atoms with Crippen LogP contribution >= 0.6 is 0 Å². The van der Waals surface area contributed by atoms with Crippen LogP contribution in [0.15, 0.2) is 30.3 Å². The molecule has 0 aromatic heterocycles. The molecule has 0 radical (unpaired) electrons. The van der Waals surface area contributed by atoms with Crippen LogP contribution in [0.4, 0.5) is 0 Å². The van der Waals surface area contributed by atoms with Crippen molar-refractivity contribution in [3.05, 3.63) is 35.9 Å². The Hall–Kier alpha value is -1.03. The molecule has 108 valence electrons. The molecule has 0 bridgehead atoms. The summed E-state index contributed by atoms with van der Waals surface area (Å²) in [5.41, 5.74) is 0.817. The molecular formula is C15H19AgO3. The fourth-order valence-corrected chi connectivity index (χ4v) is 1.56. The van der Waals surface area contributed by atoms with Crippen LogP contribution in [0.25, 0.3) is 6.08 Å². The number of hydrogen-bond acceptors (Lipinski definition) is 3. The number of carbonyl (C=O) groups excluding carboxylic acids is 1. The molecule has 0 amide bonds. The van der Waals surface area contributed by atoms with Crippen LogP contribution in [-0.4, -0.2) is 12.6 Å². The summed E-state index contributed by atoms with van der Waals surface area (Å²) in [6.07, 6.45) is 7.25. The van der Waals surface area contributed by atoms with Gasteiger partial charge in [0.1, 0.15) is 5.75 Å². The molecule has 0 atom stereocenters. The van der Waals surface area contributed by atoms with Gasteiger partial charge < -0.3 is 14.6 Å². The van der Waals surface area contributed by atoms with Gasteiger partial charge >= 0.3 is 22.4 Å². The van der Waals surface area contributed by atoms with Crippen LogP contribution in [0.3, 0.4) is 0 Å². The van der Waals surface area contributed by atoms with Crippen LogP contribution in [0.2, 0.25) is 0 Å². The Morgan fingerprint density at radius 2 is 1.89 bits per heavy atom. The number of aliphatic carboxylic acids is 1. The van der Waals surface area contributed by atoms with Gasteiger partial charge in [-0.3, -0.25) is 0 Å². The van der Waals surface area contributed by atoms with E-state index in [1.807, 2.05) is 24.3 Å². The Kier molecular flexibility index (Phi) is 10.3. The van der Waals surface area contributed by atoms with Crippen molar-refractivity contribution in [1.29, 1.82) is 0 Å². The fraction of sp³-hybridized carbons (Fsp3) is 0.400. The third kappa shape index (κ3) is 8.65. The minimum Gasteiger partial charge on any atom is -0.545 e. The van der Waals surface area contributed by atoms with Crippen LogP contribution in [0.1, 0.15) is 38.2 Å². The average Bonchev–Trinajstić information content (AvgIpc) is 2.37. The second kappa shape index (κ2) is 10.9. The molecule has 0 N–H and O–H groups in total. The van der Waals surface area contributed by atoms with E-state index in [-0.39, 0.29) is 22.4 Å². The number of carboxylic acid groups (broad SMARTS) is 1. The van der Waals surface area contributed by atoms with Gasteiger partial charge in [0.05, 0.1) is 12.6 Å². The van der Waals surface area contributed by atoms with E-state index < -0.39 is 5.97 Å². The normalized spacial score (nSPS) is 10.2. The maximum absolute atomic E-state index is 10.2. The minimum absolute atomic E-state index is 0. The molecule has 0 fully saturated rings. The smallest absolute Gasteiger partial charge is 0.545 e. The molecule has 0 unspecified atom stereocenters. The summed E-state index contributed by atoms with van der Waals surface area (Å²) in [4.78, 5) is 10.2. The molecule has 4 heteroatoms. The first-order valence-electron chi connectivity index (χ1n) is 6.34. The summed E-state index contributed by atoms with van der Waals surface area (Å²) in [6, 6.07) is 7.32.